The van der Waals surface area contributed by atoms with E-state index < -0.39 is 18.0 Å². The van der Waals surface area contributed by atoms with Crippen LogP contribution in [-0.2, 0) is 9.59 Å². The van der Waals surface area contributed by atoms with Crippen LogP contribution in [0.3, 0.4) is 0 Å². The van der Waals surface area contributed by atoms with Gasteiger partial charge in [-0.3, -0.25) is 14.9 Å². The third kappa shape index (κ3) is 3.44. The first-order chi connectivity index (χ1) is 9.58. The normalized spacial score (nSPS) is 17.4. The SMILES string of the molecule is COc1ccc(NC(=O)CC[C@@H]2NC(=O)NC2=O)cn1. The van der Waals surface area contributed by atoms with Crippen molar-refractivity contribution in [3.63, 3.8) is 0 Å². The lowest BCUT2D eigenvalue weighted by atomic mass is 10.1. The van der Waals surface area contributed by atoms with Gasteiger partial charge < -0.3 is 15.4 Å². The van der Waals surface area contributed by atoms with Crippen molar-refractivity contribution in [1.29, 1.82) is 0 Å². The predicted octanol–water partition coefficient (Wildman–Crippen LogP) is 0.0169. The van der Waals surface area contributed by atoms with Crippen LogP contribution in [0.5, 0.6) is 5.88 Å². The lowest BCUT2D eigenvalue weighted by Crippen LogP contribution is -2.30. The van der Waals surface area contributed by atoms with Gasteiger partial charge in [-0.2, -0.15) is 0 Å². The van der Waals surface area contributed by atoms with E-state index >= 15 is 0 Å². The van der Waals surface area contributed by atoms with Crippen molar-refractivity contribution in [2.45, 2.75) is 18.9 Å². The number of carbonyl (C=O) groups excluding carboxylic acids is 3. The highest BCUT2D eigenvalue weighted by Crippen LogP contribution is 2.12. The van der Waals surface area contributed by atoms with Crippen molar-refractivity contribution in [1.82, 2.24) is 15.6 Å². The van der Waals surface area contributed by atoms with Crippen molar-refractivity contribution >= 4 is 23.5 Å². The molecule has 0 aliphatic carbocycles. The molecule has 20 heavy (non-hydrogen) atoms. The first-order valence-corrected chi connectivity index (χ1v) is 6.00. The molecule has 1 aromatic rings. The second-order valence-corrected chi connectivity index (χ2v) is 4.19. The van der Waals surface area contributed by atoms with Crippen LogP contribution < -0.4 is 20.7 Å². The Morgan fingerprint density at radius 1 is 1.45 bits per heavy atom. The largest absolute Gasteiger partial charge is 0.481 e. The summed E-state index contributed by atoms with van der Waals surface area (Å²) in [6.07, 6.45) is 1.83. The van der Waals surface area contributed by atoms with E-state index in [4.69, 9.17) is 4.74 Å². The van der Waals surface area contributed by atoms with Crippen LogP contribution >= 0.6 is 0 Å². The predicted molar refractivity (Wildman–Crippen MR) is 69.1 cm³/mol. The number of amides is 4. The van der Waals surface area contributed by atoms with Crippen LogP contribution in [0.4, 0.5) is 10.5 Å². The molecular weight excluding hydrogens is 264 g/mol. The van der Waals surface area contributed by atoms with Crippen LogP contribution in [0.1, 0.15) is 12.8 Å². The number of anilines is 1. The number of hydrogen-bond acceptors (Lipinski definition) is 5. The van der Waals surface area contributed by atoms with Crippen molar-refractivity contribution in [2.24, 2.45) is 0 Å². The molecule has 1 aliphatic heterocycles. The molecule has 2 rings (SSSR count). The Hall–Kier alpha value is -2.64. The van der Waals surface area contributed by atoms with Gasteiger partial charge in [0.2, 0.25) is 11.8 Å². The van der Waals surface area contributed by atoms with E-state index in [1.807, 2.05) is 0 Å². The molecule has 1 aliphatic rings. The van der Waals surface area contributed by atoms with Gasteiger partial charge in [0.05, 0.1) is 19.0 Å². The molecule has 0 radical (unpaired) electrons. The third-order valence-corrected chi connectivity index (χ3v) is 2.75. The molecule has 1 saturated heterocycles. The van der Waals surface area contributed by atoms with Crippen molar-refractivity contribution in [3.8, 4) is 5.88 Å². The van der Waals surface area contributed by atoms with Gasteiger partial charge in [-0.1, -0.05) is 0 Å². The number of methoxy groups -OCH3 is 1. The standard InChI is InChI=1S/C12H14N4O4/c1-20-10-5-2-7(6-13-10)14-9(17)4-3-8-11(18)16-12(19)15-8/h2,5-6,8H,3-4H2,1H3,(H,14,17)(H2,15,16,18,19)/t8-/m0/s1. The van der Waals surface area contributed by atoms with E-state index in [1.54, 1.807) is 12.1 Å². The summed E-state index contributed by atoms with van der Waals surface area (Å²) in [5.74, 6) is -0.215. The van der Waals surface area contributed by atoms with Crippen LogP contribution in [0.25, 0.3) is 0 Å². The maximum Gasteiger partial charge on any atom is 0.322 e. The Kier molecular flexibility index (Phi) is 4.14. The van der Waals surface area contributed by atoms with Gasteiger partial charge in [-0.05, 0) is 12.5 Å². The molecule has 0 spiro atoms. The zero-order valence-corrected chi connectivity index (χ0v) is 10.8. The zero-order valence-electron chi connectivity index (χ0n) is 10.8. The summed E-state index contributed by atoms with van der Waals surface area (Å²) in [7, 11) is 1.50. The fourth-order valence-electron chi connectivity index (χ4n) is 1.74. The Morgan fingerprint density at radius 2 is 2.25 bits per heavy atom. The Bertz CT molecular complexity index is 529. The molecule has 1 fully saturated rings. The number of carbonyl (C=O) groups is 3. The lowest BCUT2D eigenvalue weighted by molar-refractivity contribution is -0.120. The molecule has 2 heterocycles. The second-order valence-electron chi connectivity index (χ2n) is 4.19. The molecule has 0 unspecified atom stereocenters. The first-order valence-electron chi connectivity index (χ1n) is 6.00. The van der Waals surface area contributed by atoms with Crippen LogP contribution in [0.15, 0.2) is 18.3 Å². The Morgan fingerprint density at radius 3 is 2.80 bits per heavy atom. The molecule has 0 bridgehead atoms. The third-order valence-electron chi connectivity index (χ3n) is 2.75. The van der Waals surface area contributed by atoms with E-state index in [9.17, 15) is 14.4 Å². The van der Waals surface area contributed by atoms with Gasteiger partial charge in [0, 0.05) is 12.5 Å². The number of rotatable bonds is 5. The van der Waals surface area contributed by atoms with Crippen molar-refractivity contribution < 1.29 is 19.1 Å². The van der Waals surface area contributed by atoms with Gasteiger partial charge in [0.25, 0.3) is 5.91 Å². The quantitative estimate of drug-likeness (QED) is 0.658. The number of pyridine rings is 1. The summed E-state index contributed by atoms with van der Waals surface area (Å²) in [6.45, 7) is 0. The van der Waals surface area contributed by atoms with Gasteiger partial charge in [0.1, 0.15) is 6.04 Å². The summed E-state index contributed by atoms with van der Waals surface area (Å²) in [5.41, 5.74) is 0.538. The molecule has 4 amide bonds. The molecule has 0 saturated carbocycles. The Balaban J connectivity index is 1.80. The highest BCUT2D eigenvalue weighted by Gasteiger charge is 2.29. The lowest BCUT2D eigenvalue weighted by Gasteiger charge is -2.08. The van der Waals surface area contributed by atoms with Crippen LogP contribution in [0, 0.1) is 0 Å². The fourth-order valence-corrected chi connectivity index (χ4v) is 1.74. The summed E-state index contributed by atoms with van der Waals surface area (Å²) in [6, 6.07) is 2.11. The van der Waals surface area contributed by atoms with E-state index in [-0.39, 0.29) is 18.7 Å². The number of urea groups is 1. The monoisotopic (exact) mass is 278 g/mol. The van der Waals surface area contributed by atoms with E-state index in [0.717, 1.165) is 0 Å². The molecule has 8 heteroatoms. The highest BCUT2D eigenvalue weighted by atomic mass is 16.5. The maximum atomic E-state index is 11.7. The van der Waals surface area contributed by atoms with Crippen molar-refractivity contribution in [3.05, 3.63) is 18.3 Å². The van der Waals surface area contributed by atoms with Gasteiger partial charge in [-0.15, -0.1) is 0 Å². The minimum atomic E-state index is -0.651. The van der Waals surface area contributed by atoms with Crippen LogP contribution in [-0.4, -0.2) is 36.0 Å². The second kappa shape index (κ2) is 6.00. The minimum Gasteiger partial charge on any atom is -0.481 e. The van der Waals surface area contributed by atoms with Gasteiger partial charge >= 0.3 is 6.03 Å². The fraction of sp³-hybridized carbons (Fsp3) is 0.333. The molecule has 0 aromatic carbocycles. The van der Waals surface area contributed by atoms with Gasteiger partial charge in [-0.25, -0.2) is 9.78 Å². The zero-order chi connectivity index (χ0) is 14.5. The molecule has 106 valence electrons. The highest BCUT2D eigenvalue weighted by molar-refractivity contribution is 6.04. The van der Waals surface area contributed by atoms with E-state index in [0.29, 0.717) is 11.6 Å². The topological polar surface area (TPSA) is 109 Å². The number of nitrogens with one attached hydrogen (secondary N) is 3. The molecule has 3 N–H and O–H groups in total. The summed E-state index contributed by atoms with van der Waals surface area (Å²) in [5, 5.41) is 7.18. The van der Waals surface area contributed by atoms with Crippen LogP contribution in [0.2, 0.25) is 0 Å². The maximum absolute atomic E-state index is 11.7. The molecule has 8 nitrogen and oxygen atoms in total. The number of aromatic nitrogens is 1. The first kappa shape index (κ1) is 13.8. The summed E-state index contributed by atoms with van der Waals surface area (Å²) < 4.78 is 4.90. The smallest absolute Gasteiger partial charge is 0.322 e. The minimum absolute atomic E-state index is 0.115. The number of hydrogen-bond donors (Lipinski definition) is 3. The Labute approximate surface area is 114 Å². The molecular formula is C12H14N4O4. The number of ether oxygens (including phenoxy) is 1. The summed E-state index contributed by atoms with van der Waals surface area (Å²) >= 11 is 0. The molecule has 1 atom stereocenters. The van der Waals surface area contributed by atoms with E-state index in [1.165, 1.54) is 13.3 Å². The summed E-state index contributed by atoms with van der Waals surface area (Å²) in [4.78, 5) is 37.8. The molecule has 1 aromatic heterocycles. The van der Waals surface area contributed by atoms with Crippen molar-refractivity contribution in [2.75, 3.05) is 12.4 Å². The average Bonchev–Trinajstić information content (AvgIpc) is 2.75. The average molecular weight is 278 g/mol. The van der Waals surface area contributed by atoms with Gasteiger partial charge in [0.15, 0.2) is 0 Å². The number of imide groups is 1. The van der Waals surface area contributed by atoms with E-state index in [2.05, 4.69) is 20.9 Å². The number of nitrogens with zero attached hydrogens (tertiary/aromatic N) is 1.